The molecule has 0 atom stereocenters. The van der Waals surface area contributed by atoms with Gasteiger partial charge in [-0.2, -0.15) is 0 Å². The molecule has 3 rings (SSSR count). The highest BCUT2D eigenvalue weighted by Gasteiger charge is 2.28. The molecule has 6 heteroatoms. The summed E-state index contributed by atoms with van der Waals surface area (Å²) in [6.07, 6.45) is 4.30. The van der Waals surface area contributed by atoms with E-state index in [9.17, 15) is 9.90 Å². The van der Waals surface area contributed by atoms with Crippen molar-refractivity contribution in [1.82, 2.24) is 15.0 Å². The number of hydrogen-bond acceptors (Lipinski definition) is 4. The fraction of sp³-hybridized carbons (Fsp3) is 0.471. The number of benzene rings is 1. The van der Waals surface area contributed by atoms with Crippen molar-refractivity contribution in [3.8, 4) is 0 Å². The van der Waals surface area contributed by atoms with Crippen LogP contribution in [0.2, 0.25) is 0 Å². The Morgan fingerprint density at radius 2 is 2.00 bits per heavy atom. The summed E-state index contributed by atoms with van der Waals surface area (Å²) in [6.45, 7) is 1.55. The summed E-state index contributed by atoms with van der Waals surface area (Å²) in [5.41, 5.74) is 1.98. The molecule has 1 aromatic heterocycles. The topological polar surface area (TPSA) is 77.2 Å². The van der Waals surface area contributed by atoms with Gasteiger partial charge in [0.1, 0.15) is 0 Å². The van der Waals surface area contributed by atoms with Gasteiger partial charge in [-0.05, 0) is 18.4 Å². The van der Waals surface area contributed by atoms with Crippen molar-refractivity contribution in [1.29, 1.82) is 0 Å². The van der Waals surface area contributed by atoms with Gasteiger partial charge in [-0.25, -0.2) is 9.48 Å². The SMILES string of the molecule is O=C(O)c1nnn(CCOCc2ccccc2)c1C1CCCC1. The second-order valence-electron chi connectivity index (χ2n) is 5.87. The molecular formula is C17H21N3O3. The summed E-state index contributed by atoms with van der Waals surface area (Å²) < 4.78 is 7.39. The first-order chi connectivity index (χ1) is 11.3. The van der Waals surface area contributed by atoms with Gasteiger partial charge in [-0.3, -0.25) is 0 Å². The molecule has 1 aliphatic carbocycles. The molecular weight excluding hydrogens is 294 g/mol. The maximum absolute atomic E-state index is 11.4. The number of aromatic carboxylic acids is 1. The average molecular weight is 315 g/mol. The van der Waals surface area contributed by atoms with Crippen LogP contribution in [-0.2, 0) is 17.9 Å². The number of aromatic nitrogens is 3. The van der Waals surface area contributed by atoms with E-state index in [-0.39, 0.29) is 11.6 Å². The minimum atomic E-state index is -0.997. The minimum Gasteiger partial charge on any atom is -0.476 e. The van der Waals surface area contributed by atoms with Gasteiger partial charge in [0, 0.05) is 5.92 Å². The van der Waals surface area contributed by atoms with Crippen molar-refractivity contribution >= 4 is 5.97 Å². The lowest BCUT2D eigenvalue weighted by Crippen LogP contribution is -2.14. The number of carboxylic acids is 1. The second-order valence-corrected chi connectivity index (χ2v) is 5.87. The molecule has 23 heavy (non-hydrogen) atoms. The first kappa shape index (κ1) is 15.7. The minimum absolute atomic E-state index is 0.0972. The van der Waals surface area contributed by atoms with E-state index in [4.69, 9.17) is 4.74 Å². The van der Waals surface area contributed by atoms with Crippen LogP contribution < -0.4 is 0 Å². The molecule has 1 saturated carbocycles. The van der Waals surface area contributed by atoms with Crippen LogP contribution in [0.4, 0.5) is 0 Å². The Bertz CT molecular complexity index is 648. The van der Waals surface area contributed by atoms with E-state index in [1.165, 1.54) is 0 Å². The maximum atomic E-state index is 11.4. The zero-order valence-corrected chi connectivity index (χ0v) is 13.0. The van der Waals surface area contributed by atoms with Crippen LogP contribution in [0.3, 0.4) is 0 Å². The van der Waals surface area contributed by atoms with Crippen LogP contribution in [0, 0.1) is 0 Å². The molecule has 1 aromatic carbocycles. The van der Waals surface area contributed by atoms with Gasteiger partial charge in [0.05, 0.1) is 25.5 Å². The normalized spacial score (nSPS) is 15.1. The number of carbonyl (C=O) groups is 1. The van der Waals surface area contributed by atoms with Crippen molar-refractivity contribution in [2.45, 2.75) is 44.8 Å². The van der Waals surface area contributed by atoms with Crippen molar-refractivity contribution in [2.75, 3.05) is 6.61 Å². The summed E-state index contributed by atoms with van der Waals surface area (Å²) in [7, 11) is 0. The summed E-state index contributed by atoms with van der Waals surface area (Å²) >= 11 is 0. The molecule has 0 saturated heterocycles. The Kier molecular flexibility index (Phi) is 5.02. The smallest absolute Gasteiger partial charge is 0.358 e. The standard InChI is InChI=1S/C17H21N3O3/c21-17(22)15-16(14-8-4-5-9-14)20(19-18-15)10-11-23-12-13-6-2-1-3-7-13/h1-3,6-7,14H,4-5,8-12H2,(H,21,22). The number of ether oxygens (including phenoxy) is 1. The van der Waals surface area contributed by atoms with Crippen LogP contribution in [0.1, 0.15) is 53.3 Å². The van der Waals surface area contributed by atoms with Gasteiger partial charge in [-0.15, -0.1) is 5.10 Å². The van der Waals surface area contributed by atoms with Gasteiger partial charge in [-0.1, -0.05) is 48.4 Å². The first-order valence-electron chi connectivity index (χ1n) is 8.04. The van der Waals surface area contributed by atoms with E-state index < -0.39 is 5.97 Å². The van der Waals surface area contributed by atoms with E-state index in [1.54, 1.807) is 4.68 Å². The van der Waals surface area contributed by atoms with E-state index in [0.717, 1.165) is 36.9 Å². The van der Waals surface area contributed by atoms with Crippen LogP contribution in [0.15, 0.2) is 30.3 Å². The predicted molar refractivity (Wildman–Crippen MR) is 84.3 cm³/mol. The van der Waals surface area contributed by atoms with Crippen LogP contribution in [0.25, 0.3) is 0 Å². The molecule has 0 radical (unpaired) electrons. The van der Waals surface area contributed by atoms with Crippen molar-refractivity contribution in [3.63, 3.8) is 0 Å². The number of nitrogens with zero attached hydrogens (tertiary/aromatic N) is 3. The van der Waals surface area contributed by atoms with Gasteiger partial charge in [0.2, 0.25) is 0 Å². The van der Waals surface area contributed by atoms with Gasteiger partial charge in [0.25, 0.3) is 0 Å². The molecule has 0 unspecified atom stereocenters. The highest BCUT2D eigenvalue weighted by molar-refractivity contribution is 5.86. The van der Waals surface area contributed by atoms with Crippen LogP contribution in [-0.4, -0.2) is 32.7 Å². The zero-order valence-electron chi connectivity index (χ0n) is 13.0. The lowest BCUT2D eigenvalue weighted by molar-refractivity contribution is 0.0688. The molecule has 2 aromatic rings. The number of hydrogen-bond donors (Lipinski definition) is 1. The summed E-state index contributed by atoms with van der Waals surface area (Å²) in [5, 5.41) is 17.2. The lowest BCUT2D eigenvalue weighted by Gasteiger charge is -2.13. The Labute approximate surface area is 135 Å². The third kappa shape index (κ3) is 3.76. The van der Waals surface area contributed by atoms with E-state index in [2.05, 4.69) is 10.3 Å². The second kappa shape index (κ2) is 7.37. The molecule has 0 amide bonds. The van der Waals surface area contributed by atoms with E-state index in [0.29, 0.717) is 19.8 Å². The van der Waals surface area contributed by atoms with Crippen molar-refractivity contribution < 1.29 is 14.6 Å². The molecule has 0 aliphatic heterocycles. The quantitative estimate of drug-likeness (QED) is 0.795. The van der Waals surface area contributed by atoms with Crippen molar-refractivity contribution in [3.05, 3.63) is 47.3 Å². The third-order valence-electron chi connectivity index (χ3n) is 4.28. The molecule has 122 valence electrons. The Hall–Kier alpha value is -2.21. The van der Waals surface area contributed by atoms with Gasteiger partial charge >= 0.3 is 5.97 Å². The van der Waals surface area contributed by atoms with Gasteiger partial charge in [0.15, 0.2) is 5.69 Å². The van der Waals surface area contributed by atoms with Crippen LogP contribution in [0.5, 0.6) is 0 Å². The predicted octanol–water partition coefficient (Wildman–Crippen LogP) is 2.85. The molecule has 1 aliphatic rings. The fourth-order valence-corrected chi connectivity index (χ4v) is 3.16. The Morgan fingerprint density at radius 1 is 1.26 bits per heavy atom. The largest absolute Gasteiger partial charge is 0.476 e. The highest BCUT2D eigenvalue weighted by atomic mass is 16.5. The summed E-state index contributed by atoms with van der Waals surface area (Å²) in [4.78, 5) is 11.4. The summed E-state index contributed by atoms with van der Waals surface area (Å²) in [5.74, 6) is -0.742. The molecule has 6 nitrogen and oxygen atoms in total. The van der Waals surface area contributed by atoms with E-state index in [1.807, 2.05) is 30.3 Å². The number of rotatable bonds is 7. The van der Waals surface area contributed by atoms with Gasteiger partial charge < -0.3 is 9.84 Å². The van der Waals surface area contributed by atoms with E-state index >= 15 is 0 Å². The Morgan fingerprint density at radius 3 is 2.70 bits per heavy atom. The summed E-state index contributed by atoms with van der Waals surface area (Å²) in [6, 6.07) is 9.96. The maximum Gasteiger partial charge on any atom is 0.358 e. The average Bonchev–Trinajstić information content (AvgIpc) is 3.21. The Balaban J connectivity index is 1.62. The highest BCUT2D eigenvalue weighted by Crippen LogP contribution is 2.35. The van der Waals surface area contributed by atoms with Crippen molar-refractivity contribution in [2.24, 2.45) is 0 Å². The number of carboxylic acid groups (broad SMARTS) is 1. The lowest BCUT2D eigenvalue weighted by atomic mass is 10.0. The monoisotopic (exact) mass is 315 g/mol. The molecule has 0 spiro atoms. The third-order valence-corrected chi connectivity index (χ3v) is 4.28. The first-order valence-corrected chi connectivity index (χ1v) is 8.04. The fourth-order valence-electron chi connectivity index (χ4n) is 3.16. The zero-order chi connectivity index (χ0) is 16.1. The van der Waals surface area contributed by atoms with Crippen LogP contribution >= 0.6 is 0 Å². The molecule has 0 bridgehead atoms. The molecule has 1 heterocycles. The molecule has 1 fully saturated rings. The molecule has 1 N–H and O–H groups in total.